The third-order valence-electron chi connectivity index (χ3n) is 9.85. The smallest absolute Gasteiger partial charge is 0.256 e. The van der Waals surface area contributed by atoms with Gasteiger partial charge in [0.15, 0.2) is 34.8 Å². The monoisotopic (exact) mass is 632 g/mol. The molecule has 0 bridgehead atoms. The molecule has 0 saturated heterocycles. The average Bonchev–Trinajstić information content (AvgIpc) is 2.94. The number of benzene rings is 4. The Morgan fingerprint density at radius 1 is 0.548 bits per heavy atom. The summed E-state index contributed by atoms with van der Waals surface area (Å²) >= 11 is 0. The molecule has 11 heteroatoms. The van der Waals surface area contributed by atoms with Crippen molar-refractivity contribution >= 4 is 48.7 Å². The highest BCUT2D eigenvalue weighted by atomic mass is 28.4. The number of rotatable bonds is 11. The topological polar surface area (TPSA) is 9.23 Å². The Bertz CT molecular complexity index is 1610. The van der Waals surface area contributed by atoms with Crippen molar-refractivity contribution in [3.05, 3.63) is 52.6 Å². The highest BCUT2D eigenvalue weighted by Gasteiger charge is 2.46. The first-order chi connectivity index (χ1) is 19.6. The van der Waals surface area contributed by atoms with Crippen LogP contribution < -0.4 is 4.43 Å². The summed E-state index contributed by atoms with van der Waals surface area (Å²) in [5.74, 6) is -15.5. The lowest BCUT2D eigenvalue weighted by Gasteiger charge is -2.40. The van der Waals surface area contributed by atoms with Gasteiger partial charge in [0.25, 0.3) is 8.32 Å². The molecule has 4 rings (SSSR count). The molecule has 0 amide bonds. The third kappa shape index (κ3) is 4.69. The van der Waals surface area contributed by atoms with E-state index in [1.807, 2.05) is 27.7 Å². The highest BCUT2D eigenvalue weighted by Crippen LogP contribution is 2.50. The number of halogens is 8. The molecule has 4 aromatic carbocycles. The van der Waals surface area contributed by atoms with Gasteiger partial charge in [0.1, 0.15) is 11.6 Å². The maximum atomic E-state index is 15.9. The van der Waals surface area contributed by atoms with Gasteiger partial charge in [0.2, 0.25) is 5.82 Å². The van der Waals surface area contributed by atoms with E-state index >= 15 is 26.3 Å². The second-order valence-corrected chi connectivity index (χ2v) is 22.6. The quantitative estimate of drug-likeness (QED) is 0.0908. The summed E-state index contributed by atoms with van der Waals surface area (Å²) in [6, 6.07) is 4.86. The summed E-state index contributed by atoms with van der Waals surface area (Å²) in [6.07, 6.45) is 0.743. The molecule has 0 aliphatic carbocycles. The predicted molar refractivity (Wildman–Crippen MR) is 158 cm³/mol. The van der Waals surface area contributed by atoms with Crippen LogP contribution in [0.15, 0.2) is 6.07 Å². The van der Waals surface area contributed by atoms with Gasteiger partial charge in [-0.25, -0.2) is 30.7 Å². The van der Waals surface area contributed by atoms with Crippen molar-refractivity contribution < 1.29 is 39.5 Å². The molecule has 0 aromatic heterocycles. The van der Waals surface area contributed by atoms with Crippen LogP contribution in [-0.2, 0) is 0 Å². The fourth-order valence-electron chi connectivity index (χ4n) is 6.91. The van der Waals surface area contributed by atoms with Crippen LogP contribution in [0, 0.1) is 46.5 Å². The first kappa shape index (κ1) is 32.5. The van der Waals surface area contributed by atoms with Gasteiger partial charge in [-0.1, -0.05) is 79.1 Å². The molecule has 0 aliphatic heterocycles. The standard InChI is InChI=1S/C31H36F8OSi2/c1-8-41(9-2,10-3)12-11-13-42(15(4)5,16(6)7)40-31-24-22-21-19(25(34)27(36)23(22)28(37)30(31)39)17(32)14-18(33)20(21)26(35)29(24)38/h14-16H,8-13H2,1-7H3. The molecule has 0 unspecified atom stereocenters. The van der Waals surface area contributed by atoms with E-state index in [2.05, 4.69) is 20.8 Å². The van der Waals surface area contributed by atoms with Crippen LogP contribution in [0.2, 0.25) is 41.3 Å². The minimum absolute atomic E-state index is 0.100. The molecule has 0 saturated carbocycles. The van der Waals surface area contributed by atoms with Gasteiger partial charge in [0.05, 0.1) is 29.6 Å². The average molecular weight is 633 g/mol. The molecule has 4 aromatic rings. The molecule has 230 valence electrons. The van der Waals surface area contributed by atoms with Crippen molar-refractivity contribution in [3.63, 3.8) is 0 Å². The molecule has 1 nitrogen and oxygen atoms in total. The van der Waals surface area contributed by atoms with Gasteiger partial charge in [-0.15, -0.1) is 0 Å². The van der Waals surface area contributed by atoms with Crippen molar-refractivity contribution in [3.8, 4) is 5.75 Å². The fourth-order valence-corrected chi connectivity index (χ4v) is 15.1. The summed E-state index contributed by atoms with van der Waals surface area (Å²) in [5, 5.41) is -6.51. The fraction of sp³-hybridized carbons (Fsp3) is 0.484. The van der Waals surface area contributed by atoms with E-state index in [1.165, 1.54) is 0 Å². The van der Waals surface area contributed by atoms with Crippen LogP contribution in [0.25, 0.3) is 32.3 Å². The van der Waals surface area contributed by atoms with E-state index in [4.69, 9.17) is 4.43 Å². The van der Waals surface area contributed by atoms with E-state index in [9.17, 15) is 8.78 Å². The lowest BCUT2D eigenvalue weighted by molar-refractivity contribution is 0.430. The molecule has 0 radical (unpaired) electrons. The molecule has 0 spiro atoms. The van der Waals surface area contributed by atoms with Crippen LogP contribution in [0.3, 0.4) is 0 Å². The van der Waals surface area contributed by atoms with E-state index in [-0.39, 0.29) is 17.1 Å². The Morgan fingerprint density at radius 2 is 0.952 bits per heavy atom. The minimum atomic E-state index is -3.18. The van der Waals surface area contributed by atoms with Crippen LogP contribution in [0.5, 0.6) is 5.75 Å². The van der Waals surface area contributed by atoms with Crippen LogP contribution in [0.4, 0.5) is 35.1 Å². The molecule has 0 aliphatic rings. The van der Waals surface area contributed by atoms with Gasteiger partial charge in [-0.05, 0) is 17.1 Å². The van der Waals surface area contributed by atoms with Crippen LogP contribution in [0.1, 0.15) is 54.9 Å². The van der Waals surface area contributed by atoms with Gasteiger partial charge >= 0.3 is 0 Å². The van der Waals surface area contributed by atoms with Crippen molar-refractivity contribution in [2.75, 3.05) is 0 Å². The van der Waals surface area contributed by atoms with Gasteiger partial charge in [-0.3, -0.25) is 0 Å². The molecular weight excluding hydrogens is 596 g/mol. The summed E-state index contributed by atoms with van der Waals surface area (Å²) in [6.45, 7) is 14.0. The Morgan fingerprint density at radius 3 is 1.40 bits per heavy atom. The minimum Gasteiger partial charge on any atom is -0.540 e. The molecule has 0 heterocycles. The maximum absolute atomic E-state index is 15.9. The zero-order chi connectivity index (χ0) is 31.5. The van der Waals surface area contributed by atoms with Crippen molar-refractivity contribution in [2.45, 2.75) is 96.2 Å². The summed E-state index contributed by atoms with van der Waals surface area (Å²) in [5.41, 5.74) is -0.395. The highest BCUT2D eigenvalue weighted by molar-refractivity contribution is 6.80. The van der Waals surface area contributed by atoms with Gasteiger partial charge < -0.3 is 4.43 Å². The number of hydrogen-bond donors (Lipinski definition) is 0. The van der Waals surface area contributed by atoms with Crippen molar-refractivity contribution in [1.29, 1.82) is 0 Å². The second-order valence-electron chi connectivity index (χ2n) is 12.1. The van der Waals surface area contributed by atoms with Crippen LogP contribution in [-0.4, -0.2) is 16.4 Å². The Labute approximate surface area is 242 Å². The summed E-state index contributed by atoms with van der Waals surface area (Å²) < 4.78 is 129. The lowest BCUT2D eigenvalue weighted by Crippen LogP contribution is -2.48. The molecular formula is C31H36F8OSi2. The van der Waals surface area contributed by atoms with E-state index < -0.39 is 101 Å². The zero-order valence-corrected chi connectivity index (χ0v) is 26.9. The van der Waals surface area contributed by atoms with Crippen molar-refractivity contribution in [1.82, 2.24) is 0 Å². The van der Waals surface area contributed by atoms with Gasteiger partial charge in [0, 0.05) is 16.8 Å². The Kier molecular flexibility index (Phi) is 8.97. The Hall–Kier alpha value is -2.41. The molecule has 42 heavy (non-hydrogen) atoms. The van der Waals surface area contributed by atoms with E-state index in [0.717, 1.165) is 30.6 Å². The maximum Gasteiger partial charge on any atom is 0.256 e. The molecule has 0 atom stereocenters. The first-order valence-corrected chi connectivity index (χ1v) is 19.6. The van der Waals surface area contributed by atoms with Crippen molar-refractivity contribution in [2.24, 2.45) is 0 Å². The van der Waals surface area contributed by atoms with Gasteiger partial charge in [-0.2, -0.15) is 4.39 Å². The van der Waals surface area contributed by atoms with E-state index in [1.54, 1.807) is 0 Å². The third-order valence-corrected chi connectivity index (χ3v) is 21.4. The largest absolute Gasteiger partial charge is 0.540 e. The van der Waals surface area contributed by atoms with E-state index in [0.29, 0.717) is 6.04 Å². The molecule has 0 N–H and O–H groups in total. The Balaban J connectivity index is 2.07. The lowest BCUT2D eigenvalue weighted by atomic mass is 9.91. The summed E-state index contributed by atoms with van der Waals surface area (Å²) in [7, 11) is -4.73. The zero-order valence-electron chi connectivity index (χ0n) is 24.9. The normalized spacial score (nSPS) is 13.2. The number of hydrogen-bond acceptors (Lipinski definition) is 1. The second kappa shape index (κ2) is 11.6. The van der Waals surface area contributed by atoms with Crippen LogP contribution >= 0.6 is 0 Å². The first-order valence-electron chi connectivity index (χ1n) is 14.5. The molecule has 0 fully saturated rings. The predicted octanol–water partition coefficient (Wildman–Crippen LogP) is 11.7. The summed E-state index contributed by atoms with van der Waals surface area (Å²) in [4.78, 5) is 0. The SMILES string of the molecule is CC[Si](CC)(CC)CCC[Si](Oc1c(F)c(F)c2c(F)c(F)c3c(F)cc(F)c4c(F)c(F)c1c2c34)(C(C)C)C(C)C.